The second-order valence-corrected chi connectivity index (χ2v) is 5.72. The summed E-state index contributed by atoms with van der Waals surface area (Å²) in [6.45, 7) is 0.601. The van der Waals surface area contributed by atoms with Crippen molar-refractivity contribution in [1.82, 2.24) is 4.98 Å². The van der Waals surface area contributed by atoms with E-state index in [1.807, 2.05) is 36.4 Å². The van der Waals surface area contributed by atoms with Gasteiger partial charge >= 0.3 is 0 Å². The minimum absolute atomic E-state index is 0.285. The van der Waals surface area contributed by atoms with E-state index < -0.39 is 0 Å². The van der Waals surface area contributed by atoms with Crippen molar-refractivity contribution in [2.75, 3.05) is 0 Å². The molecule has 1 aromatic heterocycles. The molecule has 25 heavy (non-hydrogen) atoms. The van der Waals surface area contributed by atoms with Crippen molar-refractivity contribution in [3.63, 3.8) is 0 Å². The number of aromatic nitrogens is 1. The summed E-state index contributed by atoms with van der Waals surface area (Å²) in [5, 5.41) is 0.633. The fourth-order valence-corrected chi connectivity index (χ4v) is 2.49. The minimum atomic E-state index is 0.285. The quantitative estimate of drug-likeness (QED) is 0.577. The third-order valence-corrected chi connectivity index (χ3v) is 3.98. The highest BCUT2D eigenvalue weighted by atomic mass is 35.5. The number of hydrogen-bond donors (Lipinski definition) is 0. The number of aldehydes is 1. The van der Waals surface area contributed by atoms with Crippen LogP contribution in [0.1, 0.15) is 21.5 Å². The number of carbonyl (C=O) groups is 1. The lowest BCUT2D eigenvalue weighted by Gasteiger charge is -2.15. The van der Waals surface area contributed by atoms with Gasteiger partial charge in [0.25, 0.3) is 0 Å². The van der Waals surface area contributed by atoms with Crippen LogP contribution in [0.5, 0.6) is 11.5 Å². The Hall–Kier alpha value is -2.85. The number of rotatable bonds is 7. The smallest absolute Gasteiger partial charge is 0.172 e. The number of carbonyl (C=O) groups excluding carboxylic acids is 1. The Morgan fingerprint density at radius 3 is 2.48 bits per heavy atom. The Morgan fingerprint density at radius 2 is 1.72 bits per heavy atom. The van der Waals surface area contributed by atoms with Gasteiger partial charge in [-0.2, -0.15) is 0 Å². The molecule has 0 N–H and O–H groups in total. The van der Waals surface area contributed by atoms with E-state index in [2.05, 4.69) is 4.98 Å². The summed E-state index contributed by atoms with van der Waals surface area (Å²) in [5.41, 5.74) is 2.25. The van der Waals surface area contributed by atoms with Gasteiger partial charge in [-0.05, 0) is 35.9 Å². The number of nitrogens with zero attached hydrogens (tertiary/aromatic N) is 1. The van der Waals surface area contributed by atoms with E-state index >= 15 is 0 Å². The Balaban J connectivity index is 1.79. The van der Waals surface area contributed by atoms with Gasteiger partial charge in [0.05, 0.1) is 5.56 Å². The number of benzene rings is 2. The molecule has 0 atom stereocenters. The van der Waals surface area contributed by atoms with Crippen LogP contribution in [0.3, 0.4) is 0 Å². The van der Waals surface area contributed by atoms with Crippen LogP contribution in [0.2, 0.25) is 5.02 Å². The van der Waals surface area contributed by atoms with Crippen molar-refractivity contribution >= 4 is 17.9 Å². The lowest BCUT2D eigenvalue weighted by molar-refractivity contribution is 0.111. The van der Waals surface area contributed by atoms with E-state index in [0.717, 1.165) is 17.4 Å². The van der Waals surface area contributed by atoms with Crippen LogP contribution < -0.4 is 9.47 Å². The molecule has 2 aromatic carbocycles. The molecule has 126 valence electrons. The zero-order chi connectivity index (χ0) is 17.5. The molecule has 1 heterocycles. The first-order chi connectivity index (χ1) is 12.3. The van der Waals surface area contributed by atoms with Crippen LogP contribution in [0.15, 0.2) is 67.0 Å². The van der Waals surface area contributed by atoms with Gasteiger partial charge in [-0.15, -0.1) is 0 Å². The molecule has 0 aliphatic heterocycles. The maximum Gasteiger partial charge on any atom is 0.172 e. The van der Waals surface area contributed by atoms with E-state index in [1.54, 1.807) is 30.6 Å². The normalized spacial score (nSPS) is 10.3. The summed E-state index contributed by atoms with van der Waals surface area (Å²) in [6, 6.07) is 16.4. The van der Waals surface area contributed by atoms with Crippen LogP contribution in [-0.4, -0.2) is 11.3 Å². The predicted octanol–water partition coefficient (Wildman–Crippen LogP) is 4.71. The predicted molar refractivity (Wildman–Crippen MR) is 96.2 cm³/mol. The SMILES string of the molecule is O=Cc1cccc(OCc2ccccc2Cl)c1OCc1ccncc1. The molecule has 0 amide bonds. The average Bonchev–Trinajstić information content (AvgIpc) is 2.66. The Morgan fingerprint density at radius 1 is 0.920 bits per heavy atom. The standard InChI is InChI=1S/C20H16ClNO3/c21-18-6-2-1-4-17(18)14-24-19-7-3-5-16(12-23)20(19)25-13-15-8-10-22-11-9-15/h1-12H,13-14H2. The van der Waals surface area contributed by atoms with E-state index in [-0.39, 0.29) is 6.61 Å². The summed E-state index contributed by atoms with van der Waals surface area (Å²) in [4.78, 5) is 15.3. The van der Waals surface area contributed by atoms with Crippen LogP contribution in [-0.2, 0) is 13.2 Å². The van der Waals surface area contributed by atoms with Gasteiger partial charge < -0.3 is 9.47 Å². The lowest BCUT2D eigenvalue weighted by atomic mass is 10.2. The van der Waals surface area contributed by atoms with Crippen molar-refractivity contribution in [3.05, 3.63) is 88.7 Å². The van der Waals surface area contributed by atoms with Crippen molar-refractivity contribution in [2.45, 2.75) is 13.2 Å². The Kier molecular flexibility index (Phi) is 5.65. The molecule has 0 unspecified atom stereocenters. The highest BCUT2D eigenvalue weighted by molar-refractivity contribution is 6.31. The fraction of sp³-hybridized carbons (Fsp3) is 0.100. The molecule has 0 saturated heterocycles. The maximum atomic E-state index is 11.4. The topological polar surface area (TPSA) is 48.4 Å². The second kappa shape index (κ2) is 8.31. The molecular formula is C20H16ClNO3. The fourth-order valence-electron chi connectivity index (χ4n) is 2.30. The Labute approximate surface area is 151 Å². The maximum absolute atomic E-state index is 11.4. The van der Waals surface area contributed by atoms with Gasteiger partial charge in [-0.25, -0.2) is 0 Å². The molecule has 3 rings (SSSR count). The summed E-state index contributed by atoms with van der Waals surface area (Å²) < 4.78 is 11.7. The summed E-state index contributed by atoms with van der Waals surface area (Å²) in [5.74, 6) is 0.917. The molecule has 3 aromatic rings. The highest BCUT2D eigenvalue weighted by Gasteiger charge is 2.12. The molecule has 0 radical (unpaired) electrons. The molecule has 5 heteroatoms. The first kappa shape index (κ1) is 17.0. The van der Waals surface area contributed by atoms with E-state index in [4.69, 9.17) is 21.1 Å². The molecule has 4 nitrogen and oxygen atoms in total. The van der Waals surface area contributed by atoms with E-state index in [0.29, 0.717) is 28.7 Å². The second-order valence-electron chi connectivity index (χ2n) is 5.32. The van der Waals surface area contributed by atoms with Gasteiger partial charge in [0, 0.05) is 23.0 Å². The first-order valence-electron chi connectivity index (χ1n) is 7.74. The molecule has 0 bridgehead atoms. The molecule has 0 aliphatic rings. The first-order valence-corrected chi connectivity index (χ1v) is 8.12. The highest BCUT2D eigenvalue weighted by Crippen LogP contribution is 2.32. The molecule has 0 aliphatic carbocycles. The zero-order valence-electron chi connectivity index (χ0n) is 13.4. The number of pyridine rings is 1. The van der Waals surface area contributed by atoms with Crippen molar-refractivity contribution < 1.29 is 14.3 Å². The number of halogens is 1. The largest absolute Gasteiger partial charge is 0.485 e. The van der Waals surface area contributed by atoms with Gasteiger partial charge in [0.2, 0.25) is 0 Å². The Bertz CT molecular complexity index is 853. The number of para-hydroxylation sites is 1. The van der Waals surface area contributed by atoms with Crippen molar-refractivity contribution in [3.8, 4) is 11.5 Å². The van der Waals surface area contributed by atoms with Crippen LogP contribution in [0, 0.1) is 0 Å². The third kappa shape index (κ3) is 4.37. The average molecular weight is 354 g/mol. The third-order valence-electron chi connectivity index (χ3n) is 3.61. The summed E-state index contributed by atoms with van der Waals surface area (Å²) in [7, 11) is 0. The summed E-state index contributed by atoms with van der Waals surface area (Å²) in [6.07, 6.45) is 4.14. The lowest BCUT2D eigenvalue weighted by Crippen LogP contribution is -2.03. The summed E-state index contributed by atoms with van der Waals surface area (Å²) >= 11 is 6.16. The van der Waals surface area contributed by atoms with Crippen molar-refractivity contribution in [2.24, 2.45) is 0 Å². The number of hydrogen-bond acceptors (Lipinski definition) is 4. The molecular weight excluding hydrogens is 338 g/mol. The van der Waals surface area contributed by atoms with Gasteiger partial charge in [-0.3, -0.25) is 9.78 Å². The van der Waals surface area contributed by atoms with E-state index in [1.165, 1.54) is 0 Å². The molecule has 0 fully saturated rings. The van der Waals surface area contributed by atoms with Crippen molar-refractivity contribution in [1.29, 1.82) is 0 Å². The van der Waals surface area contributed by atoms with Gasteiger partial charge in [-0.1, -0.05) is 35.9 Å². The van der Waals surface area contributed by atoms with Gasteiger partial charge in [0.1, 0.15) is 13.2 Å². The van der Waals surface area contributed by atoms with Crippen LogP contribution >= 0.6 is 11.6 Å². The van der Waals surface area contributed by atoms with Gasteiger partial charge in [0.15, 0.2) is 17.8 Å². The monoisotopic (exact) mass is 353 g/mol. The zero-order valence-corrected chi connectivity index (χ0v) is 14.1. The van der Waals surface area contributed by atoms with Crippen LogP contribution in [0.25, 0.3) is 0 Å². The number of ether oxygens (including phenoxy) is 2. The minimum Gasteiger partial charge on any atom is -0.485 e. The molecule has 0 spiro atoms. The van der Waals surface area contributed by atoms with E-state index in [9.17, 15) is 4.79 Å². The molecule has 0 saturated carbocycles. The van der Waals surface area contributed by atoms with Crippen LogP contribution in [0.4, 0.5) is 0 Å².